The van der Waals surface area contributed by atoms with E-state index >= 15 is 0 Å². The van der Waals surface area contributed by atoms with Crippen LogP contribution in [0.5, 0.6) is 0 Å². The first kappa shape index (κ1) is 18.6. The van der Waals surface area contributed by atoms with Crippen LogP contribution in [0, 0.1) is 5.92 Å². The molecule has 0 aromatic carbocycles. The van der Waals surface area contributed by atoms with Gasteiger partial charge < -0.3 is 19.9 Å². The molecule has 1 atom stereocenters. The van der Waals surface area contributed by atoms with Crippen LogP contribution in [-0.4, -0.2) is 51.4 Å². The molecule has 0 unspecified atom stereocenters. The molecule has 2 N–H and O–H groups in total. The van der Waals surface area contributed by atoms with Gasteiger partial charge in [-0.05, 0) is 18.8 Å². The van der Waals surface area contributed by atoms with E-state index in [1.165, 1.54) is 19.4 Å². The summed E-state index contributed by atoms with van der Waals surface area (Å²) in [7, 11) is 1.38. The summed E-state index contributed by atoms with van der Waals surface area (Å²) in [6.45, 7) is 2.99. The number of carbonyl (C=O) groups is 1. The van der Waals surface area contributed by atoms with Crippen LogP contribution in [0.15, 0.2) is 12.4 Å². The highest BCUT2D eigenvalue weighted by molar-refractivity contribution is 5.74. The molecule has 2 amide bonds. The predicted octanol–water partition coefficient (Wildman–Crippen LogP) is 2.00. The van der Waals surface area contributed by atoms with Gasteiger partial charge in [-0.25, -0.2) is 9.78 Å². The molecule has 24 heavy (non-hydrogen) atoms. The largest absolute Gasteiger partial charge is 0.424 e. The van der Waals surface area contributed by atoms with Gasteiger partial charge in [0.1, 0.15) is 5.82 Å². The maximum absolute atomic E-state index is 13.3. The summed E-state index contributed by atoms with van der Waals surface area (Å²) in [6.07, 6.45) is -1.30. The van der Waals surface area contributed by atoms with Crippen LogP contribution in [0.25, 0.3) is 0 Å². The number of carbonyl (C=O) groups excluding carboxylic acids is 1. The van der Waals surface area contributed by atoms with Crippen LogP contribution in [0.4, 0.5) is 18.0 Å². The van der Waals surface area contributed by atoms with Crippen molar-refractivity contribution in [2.75, 3.05) is 19.6 Å². The summed E-state index contributed by atoms with van der Waals surface area (Å²) in [4.78, 5) is 17.2. The fourth-order valence-corrected chi connectivity index (χ4v) is 2.82. The van der Waals surface area contributed by atoms with Crippen molar-refractivity contribution >= 4 is 6.03 Å². The third-order valence-electron chi connectivity index (χ3n) is 4.49. The standard InChI is InChI=1S/C15H23F3N4O2/c1-11-3-8-22(9-4-11)13(23)20-6-5-14(24,15(16,17)18)12-19-7-10-21(12)2/h7,10-11,24H,3-6,8-9H2,1-2H3,(H,20,23)/t14-/m0/s1. The van der Waals surface area contributed by atoms with Crippen molar-refractivity contribution in [3.8, 4) is 0 Å². The highest BCUT2D eigenvalue weighted by Gasteiger charge is 2.57. The van der Waals surface area contributed by atoms with E-state index in [2.05, 4.69) is 17.2 Å². The number of imidazole rings is 1. The molecule has 1 aromatic heterocycles. The Labute approximate surface area is 138 Å². The van der Waals surface area contributed by atoms with Gasteiger partial charge >= 0.3 is 12.2 Å². The van der Waals surface area contributed by atoms with Crippen LogP contribution in [0.2, 0.25) is 0 Å². The molecule has 0 saturated carbocycles. The Bertz CT molecular complexity index is 567. The molecule has 0 spiro atoms. The number of aryl methyl sites for hydroxylation is 1. The van der Waals surface area contributed by atoms with Gasteiger partial charge in [0.2, 0.25) is 5.60 Å². The summed E-state index contributed by atoms with van der Waals surface area (Å²) in [6, 6.07) is -0.397. The van der Waals surface area contributed by atoms with Crippen LogP contribution < -0.4 is 5.32 Å². The molecule has 1 aliphatic rings. The highest BCUT2D eigenvalue weighted by Crippen LogP contribution is 2.40. The Kier molecular flexibility index (Phi) is 5.42. The lowest BCUT2D eigenvalue weighted by Gasteiger charge is -2.32. The van der Waals surface area contributed by atoms with Gasteiger partial charge in [-0.2, -0.15) is 13.2 Å². The minimum Gasteiger partial charge on any atom is -0.374 e. The van der Waals surface area contributed by atoms with E-state index in [4.69, 9.17) is 0 Å². The number of nitrogens with one attached hydrogen (secondary N) is 1. The van der Waals surface area contributed by atoms with Gasteiger partial charge in [0.25, 0.3) is 0 Å². The number of nitrogens with zero attached hydrogens (tertiary/aromatic N) is 3. The van der Waals surface area contributed by atoms with Crippen molar-refractivity contribution in [2.45, 2.75) is 38.0 Å². The lowest BCUT2D eigenvalue weighted by atomic mass is 9.97. The Balaban J connectivity index is 1.97. The maximum Gasteiger partial charge on any atom is 0.424 e. The minimum absolute atomic E-state index is 0.298. The topological polar surface area (TPSA) is 70.4 Å². The smallest absolute Gasteiger partial charge is 0.374 e. The average molecular weight is 348 g/mol. The van der Waals surface area contributed by atoms with E-state index in [9.17, 15) is 23.1 Å². The normalized spacial score (nSPS) is 19.2. The average Bonchev–Trinajstić information content (AvgIpc) is 2.93. The second-order valence-corrected chi connectivity index (χ2v) is 6.37. The molecule has 6 nitrogen and oxygen atoms in total. The van der Waals surface area contributed by atoms with Gasteiger partial charge in [0.15, 0.2) is 0 Å². The Morgan fingerprint density at radius 1 is 1.42 bits per heavy atom. The number of halogens is 3. The van der Waals surface area contributed by atoms with E-state index in [1.54, 1.807) is 4.90 Å². The Hall–Kier alpha value is -1.77. The van der Waals surface area contributed by atoms with Crippen molar-refractivity contribution in [1.29, 1.82) is 0 Å². The Morgan fingerprint density at radius 2 is 2.04 bits per heavy atom. The van der Waals surface area contributed by atoms with Crippen LogP contribution >= 0.6 is 0 Å². The molecule has 0 aliphatic carbocycles. The number of hydrogen-bond acceptors (Lipinski definition) is 3. The molecule has 1 fully saturated rings. The van der Waals surface area contributed by atoms with Crippen molar-refractivity contribution in [1.82, 2.24) is 19.8 Å². The van der Waals surface area contributed by atoms with Crippen molar-refractivity contribution < 1.29 is 23.1 Å². The van der Waals surface area contributed by atoms with E-state index in [0.717, 1.165) is 17.4 Å². The second-order valence-electron chi connectivity index (χ2n) is 6.37. The summed E-state index contributed by atoms with van der Waals surface area (Å²) in [5.41, 5.74) is -3.10. The lowest BCUT2D eigenvalue weighted by molar-refractivity contribution is -0.272. The summed E-state index contributed by atoms with van der Waals surface area (Å²) < 4.78 is 41.2. The summed E-state index contributed by atoms with van der Waals surface area (Å²) in [5.74, 6) is 0.0591. The zero-order valence-corrected chi connectivity index (χ0v) is 13.8. The van der Waals surface area contributed by atoms with Crippen LogP contribution in [0.3, 0.4) is 0 Å². The number of alkyl halides is 3. The number of urea groups is 1. The molecular weight excluding hydrogens is 325 g/mol. The number of rotatable bonds is 4. The summed E-state index contributed by atoms with van der Waals surface area (Å²) >= 11 is 0. The molecule has 9 heteroatoms. The lowest BCUT2D eigenvalue weighted by Crippen LogP contribution is -2.49. The number of hydrogen-bond donors (Lipinski definition) is 2. The number of aromatic nitrogens is 2. The van der Waals surface area contributed by atoms with Crippen molar-refractivity contribution in [2.24, 2.45) is 13.0 Å². The van der Waals surface area contributed by atoms with Crippen molar-refractivity contribution in [3.63, 3.8) is 0 Å². The number of aliphatic hydroxyl groups is 1. The quantitative estimate of drug-likeness (QED) is 0.874. The molecular formula is C15H23F3N4O2. The van der Waals surface area contributed by atoms with Gasteiger partial charge in [-0.15, -0.1) is 0 Å². The summed E-state index contributed by atoms with van der Waals surface area (Å²) in [5, 5.41) is 12.6. The van der Waals surface area contributed by atoms with Crippen LogP contribution in [0.1, 0.15) is 32.0 Å². The van der Waals surface area contributed by atoms with Gasteiger partial charge in [0.05, 0.1) is 0 Å². The first-order chi connectivity index (χ1) is 11.1. The fraction of sp³-hybridized carbons (Fsp3) is 0.733. The fourth-order valence-electron chi connectivity index (χ4n) is 2.82. The SMILES string of the molecule is CC1CCN(C(=O)NCC[C@](O)(c2nccn2C)C(F)(F)F)CC1. The van der Waals surface area contributed by atoms with E-state index in [-0.39, 0.29) is 6.54 Å². The number of amides is 2. The Morgan fingerprint density at radius 3 is 2.54 bits per heavy atom. The second kappa shape index (κ2) is 7.00. The molecule has 1 aliphatic heterocycles. The van der Waals surface area contributed by atoms with E-state index in [0.29, 0.717) is 19.0 Å². The highest BCUT2D eigenvalue weighted by atomic mass is 19.4. The molecule has 0 bridgehead atoms. The van der Waals surface area contributed by atoms with E-state index < -0.39 is 30.1 Å². The van der Waals surface area contributed by atoms with Gasteiger partial charge in [-0.1, -0.05) is 6.92 Å². The van der Waals surface area contributed by atoms with E-state index in [1.807, 2.05) is 0 Å². The minimum atomic E-state index is -4.89. The molecule has 136 valence electrons. The zero-order valence-electron chi connectivity index (χ0n) is 13.8. The van der Waals surface area contributed by atoms with Crippen LogP contribution in [-0.2, 0) is 12.6 Å². The number of piperidine rings is 1. The first-order valence-electron chi connectivity index (χ1n) is 7.95. The maximum atomic E-state index is 13.3. The third kappa shape index (κ3) is 3.82. The third-order valence-corrected chi connectivity index (χ3v) is 4.49. The van der Waals surface area contributed by atoms with Crippen molar-refractivity contribution in [3.05, 3.63) is 18.2 Å². The molecule has 0 radical (unpaired) electrons. The zero-order chi connectivity index (χ0) is 18.0. The van der Waals surface area contributed by atoms with Gasteiger partial charge in [-0.3, -0.25) is 0 Å². The number of likely N-dealkylation sites (tertiary alicyclic amines) is 1. The predicted molar refractivity (Wildman–Crippen MR) is 81.1 cm³/mol. The van der Waals surface area contributed by atoms with Gasteiger partial charge in [0, 0.05) is 45.5 Å². The molecule has 1 aromatic rings. The molecule has 2 heterocycles. The molecule has 1 saturated heterocycles. The first-order valence-corrected chi connectivity index (χ1v) is 7.95. The molecule has 2 rings (SSSR count). The monoisotopic (exact) mass is 348 g/mol.